The molecule has 2 aromatic heterocycles. The number of thiophene rings is 2. The number of hydrogen-bond acceptors (Lipinski definition) is 7. The number of anilines is 1. The first-order valence-electron chi connectivity index (χ1n) is 8.02. The highest BCUT2D eigenvalue weighted by Crippen LogP contribution is 2.15. The van der Waals surface area contributed by atoms with Gasteiger partial charge in [-0.25, -0.2) is 4.79 Å². The number of carbonyl (C=O) groups is 4. The van der Waals surface area contributed by atoms with E-state index in [1.165, 1.54) is 34.8 Å². The Bertz CT molecular complexity index is 980. The molecule has 7 nitrogen and oxygen atoms in total. The smallest absolute Gasteiger partial charge is 0.338 e. The van der Waals surface area contributed by atoms with Gasteiger partial charge in [0.05, 0.1) is 15.3 Å². The molecule has 28 heavy (non-hydrogen) atoms. The first kappa shape index (κ1) is 19.5. The van der Waals surface area contributed by atoms with Crippen molar-refractivity contribution >= 4 is 52.1 Å². The minimum Gasteiger partial charge on any atom is -0.452 e. The molecule has 0 bridgehead atoms. The van der Waals surface area contributed by atoms with E-state index in [0.717, 1.165) is 0 Å². The summed E-state index contributed by atoms with van der Waals surface area (Å²) >= 11 is 2.52. The minimum absolute atomic E-state index is 0.214. The molecule has 2 N–H and O–H groups in total. The molecule has 2 heterocycles. The number of hydrogen-bond donors (Lipinski definition) is 2. The number of nitrogens with one attached hydrogen (secondary N) is 2. The monoisotopic (exact) mass is 414 g/mol. The molecular formula is C19H14N2O5S2. The Balaban J connectivity index is 1.48. The van der Waals surface area contributed by atoms with Gasteiger partial charge in [-0.2, -0.15) is 0 Å². The average Bonchev–Trinajstić information content (AvgIpc) is 3.40. The molecule has 0 saturated carbocycles. The Morgan fingerprint density at radius 1 is 0.821 bits per heavy atom. The number of esters is 1. The van der Waals surface area contributed by atoms with Gasteiger partial charge in [-0.15, -0.1) is 22.7 Å². The van der Waals surface area contributed by atoms with E-state index in [2.05, 4.69) is 10.6 Å². The maximum atomic E-state index is 12.0. The molecule has 0 aliphatic rings. The van der Waals surface area contributed by atoms with Crippen molar-refractivity contribution in [1.82, 2.24) is 5.32 Å². The Kier molecular flexibility index (Phi) is 6.30. The van der Waals surface area contributed by atoms with Crippen LogP contribution in [0.2, 0.25) is 0 Å². The molecule has 0 aliphatic carbocycles. The summed E-state index contributed by atoms with van der Waals surface area (Å²) in [6, 6.07) is 12.8. The van der Waals surface area contributed by atoms with Gasteiger partial charge in [0.15, 0.2) is 6.61 Å². The third kappa shape index (κ3) is 5.12. The third-order valence-corrected chi connectivity index (χ3v) is 5.19. The fraction of sp³-hybridized carbons (Fsp3) is 0.0526. The van der Waals surface area contributed by atoms with Crippen LogP contribution in [0.25, 0.3) is 0 Å². The van der Waals surface area contributed by atoms with Crippen molar-refractivity contribution in [3.63, 3.8) is 0 Å². The molecule has 3 rings (SSSR count). The van der Waals surface area contributed by atoms with Crippen molar-refractivity contribution in [2.75, 3.05) is 11.9 Å². The third-order valence-electron chi connectivity index (χ3n) is 3.46. The van der Waals surface area contributed by atoms with Crippen LogP contribution in [0.3, 0.4) is 0 Å². The fourth-order valence-electron chi connectivity index (χ4n) is 2.14. The van der Waals surface area contributed by atoms with Crippen LogP contribution in [0.15, 0.2) is 59.3 Å². The first-order valence-corrected chi connectivity index (χ1v) is 9.78. The van der Waals surface area contributed by atoms with E-state index in [4.69, 9.17) is 4.74 Å². The van der Waals surface area contributed by atoms with Crippen molar-refractivity contribution in [3.05, 3.63) is 74.6 Å². The summed E-state index contributed by atoms with van der Waals surface area (Å²) in [5, 5.41) is 8.37. The molecule has 1 aromatic carbocycles. The second kappa shape index (κ2) is 9.07. The molecule has 3 amide bonds. The van der Waals surface area contributed by atoms with E-state index in [0.29, 0.717) is 15.4 Å². The van der Waals surface area contributed by atoms with E-state index >= 15 is 0 Å². The summed E-state index contributed by atoms with van der Waals surface area (Å²) in [5.41, 5.74) is 0.737. The van der Waals surface area contributed by atoms with Gasteiger partial charge in [0.2, 0.25) is 0 Å². The van der Waals surface area contributed by atoms with Gasteiger partial charge in [0.1, 0.15) is 0 Å². The lowest BCUT2D eigenvalue weighted by atomic mass is 10.2. The summed E-state index contributed by atoms with van der Waals surface area (Å²) < 4.78 is 4.90. The largest absolute Gasteiger partial charge is 0.452 e. The Hall–Kier alpha value is -3.30. The van der Waals surface area contributed by atoms with E-state index in [1.807, 2.05) is 0 Å². The van der Waals surface area contributed by atoms with Gasteiger partial charge >= 0.3 is 5.97 Å². The predicted octanol–water partition coefficient (Wildman–Crippen LogP) is 3.18. The van der Waals surface area contributed by atoms with E-state index in [1.54, 1.807) is 47.2 Å². The van der Waals surface area contributed by atoms with Crippen LogP contribution in [-0.2, 0) is 9.53 Å². The molecule has 9 heteroatoms. The van der Waals surface area contributed by atoms with Crippen LogP contribution in [0.4, 0.5) is 5.69 Å². The van der Waals surface area contributed by atoms with Crippen molar-refractivity contribution < 1.29 is 23.9 Å². The lowest BCUT2D eigenvalue weighted by Gasteiger charge is -2.07. The Morgan fingerprint density at radius 3 is 2.00 bits per heavy atom. The highest BCUT2D eigenvalue weighted by Gasteiger charge is 2.14. The summed E-state index contributed by atoms with van der Waals surface area (Å²) in [6.45, 7) is -0.577. The molecule has 0 unspecified atom stereocenters. The molecule has 0 spiro atoms. The van der Waals surface area contributed by atoms with Crippen molar-refractivity contribution in [1.29, 1.82) is 0 Å². The van der Waals surface area contributed by atoms with Crippen LogP contribution in [0.1, 0.15) is 29.7 Å². The quantitative estimate of drug-likeness (QED) is 0.603. The van der Waals surface area contributed by atoms with Gasteiger partial charge in [-0.3, -0.25) is 19.7 Å². The maximum Gasteiger partial charge on any atom is 0.338 e. The molecular weight excluding hydrogens is 400 g/mol. The average molecular weight is 414 g/mol. The molecule has 0 fully saturated rings. The molecule has 0 radical (unpaired) electrons. The molecule has 0 aliphatic heterocycles. The second-order valence-corrected chi connectivity index (χ2v) is 7.33. The molecule has 142 valence electrons. The van der Waals surface area contributed by atoms with Crippen LogP contribution < -0.4 is 10.6 Å². The van der Waals surface area contributed by atoms with Crippen LogP contribution in [0, 0.1) is 0 Å². The maximum absolute atomic E-state index is 12.0. The van der Waals surface area contributed by atoms with Crippen LogP contribution in [-0.4, -0.2) is 30.3 Å². The standard InChI is InChI=1S/C19H14N2O5S2/c22-16(21-18(24)15-4-2-10-28-15)11-26-19(25)12-5-7-13(8-6-12)20-17(23)14-3-1-9-27-14/h1-10H,11H2,(H,20,23)(H,21,22,24). The summed E-state index contributed by atoms with van der Waals surface area (Å²) in [7, 11) is 0. The SMILES string of the molecule is O=C(COC(=O)c1ccc(NC(=O)c2cccs2)cc1)NC(=O)c1cccs1. The first-order chi connectivity index (χ1) is 13.5. The highest BCUT2D eigenvalue weighted by atomic mass is 32.1. The molecule has 3 aromatic rings. The van der Waals surface area contributed by atoms with E-state index < -0.39 is 24.4 Å². The number of imide groups is 1. The Labute approximate surface area is 168 Å². The molecule has 0 atom stereocenters. The summed E-state index contributed by atoms with van der Waals surface area (Å²) in [6.07, 6.45) is 0. The predicted molar refractivity (Wildman–Crippen MR) is 106 cm³/mol. The van der Waals surface area contributed by atoms with Crippen LogP contribution in [0.5, 0.6) is 0 Å². The summed E-state index contributed by atoms with van der Waals surface area (Å²) in [5.74, 6) is -2.21. The van der Waals surface area contributed by atoms with Gasteiger partial charge in [0, 0.05) is 5.69 Å². The summed E-state index contributed by atoms with van der Waals surface area (Å²) in [4.78, 5) is 48.4. The highest BCUT2D eigenvalue weighted by molar-refractivity contribution is 7.12. The number of carbonyl (C=O) groups excluding carboxylic acids is 4. The normalized spacial score (nSPS) is 10.1. The number of rotatable bonds is 6. The topological polar surface area (TPSA) is 102 Å². The second-order valence-electron chi connectivity index (χ2n) is 5.44. The van der Waals surface area contributed by atoms with Crippen molar-refractivity contribution in [3.8, 4) is 0 Å². The van der Waals surface area contributed by atoms with Crippen LogP contribution >= 0.6 is 22.7 Å². The van der Waals surface area contributed by atoms with Gasteiger partial charge < -0.3 is 10.1 Å². The molecule has 0 saturated heterocycles. The zero-order valence-corrected chi connectivity index (χ0v) is 16.0. The lowest BCUT2D eigenvalue weighted by Crippen LogP contribution is -2.33. The van der Waals surface area contributed by atoms with Gasteiger partial charge in [-0.05, 0) is 47.2 Å². The van der Waals surface area contributed by atoms with E-state index in [9.17, 15) is 19.2 Å². The number of benzene rings is 1. The lowest BCUT2D eigenvalue weighted by molar-refractivity contribution is -0.123. The van der Waals surface area contributed by atoms with Crippen molar-refractivity contribution in [2.24, 2.45) is 0 Å². The van der Waals surface area contributed by atoms with E-state index in [-0.39, 0.29) is 11.5 Å². The minimum atomic E-state index is -0.716. The Morgan fingerprint density at radius 2 is 1.43 bits per heavy atom. The fourth-order valence-corrected chi connectivity index (χ4v) is 3.37. The number of amides is 3. The van der Waals surface area contributed by atoms with Gasteiger partial charge in [-0.1, -0.05) is 12.1 Å². The zero-order chi connectivity index (χ0) is 19.9. The van der Waals surface area contributed by atoms with Gasteiger partial charge in [0.25, 0.3) is 17.7 Å². The van der Waals surface area contributed by atoms with Crippen molar-refractivity contribution in [2.45, 2.75) is 0 Å². The number of ether oxygens (including phenoxy) is 1. The zero-order valence-electron chi connectivity index (χ0n) is 14.3.